The lowest BCUT2D eigenvalue weighted by molar-refractivity contribution is -0.120. The summed E-state index contributed by atoms with van der Waals surface area (Å²) < 4.78 is 5.05. The Bertz CT molecular complexity index is 619. The highest BCUT2D eigenvalue weighted by atomic mass is 16.5. The summed E-state index contributed by atoms with van der Waals surface area (Å²) in [5, 5.41) is 13.0. The highest BCUT2D eigenvalue weighted by Gasteiger charge is 2.02. The van der Waals surface area contributed by atoms with Crippen molar-refractivity contribution in [2.75, 3.05) is 7.11 Å². The van der Waals surface area contributed by atoms with E-state index in [-0.39, 0.29) is 18.1 Å². The molecular weight excluding hydrogens is 268 g/mol. The molecule has 0 radical (unpaired) electrons. The molecule has 2 rings (SSSR count). The first-order valence-corrected chi connectivity index (χ1v) is 6.41. The van der Waals surface area contributed by atoms with E-state index < -0.39 is 0 Å². The van der Waals surface area contributed by atoms with Crippen LogP contribution in [-0.4, -0.2) is 24.3 Å². The maximum Gasteiger partial charge on any atom is 0.244 e. The molecule has 2 aromatic rings. The highest BCUT2D eigenvalue weighted by molar-refractivity contribution is 5.83. The molecule has 2 N–H and O–H groups in total. The van der Waals surface area contributed by atoms with Crippen LogP contribution >= 0.6 is 0 Å². The standard InChI is InChI=1S/C16H16N2O3/c1-21-15-8-4-12(5-9-15)10-16(20)18-17-11-13-2-6-14(19)7-3-13/h2-9,11,19H,10H2,1H3,(H,18,20)/b17-11+. The average molecular weight is 284 g/mol. The van der Waals surface area contributed by atoms with Gasteiger partial charge in [-0.05, 0) is 47.5 Å². The van der Waals surface area contributed by atoms with Crippen LogP contribution in [0, 0.1) is 0 Å². The van der Waals surface area contributed by atoms with Crippen molar-refractivity contribution >= 4 is 12.1 Å². The molecule has 5 nitrogen and oxygen atoms in total. The summed E-state index contributed by atoms with van der Waals surface area (Å²) in [5.74, 6) is 0.746. The number of carbonyl (C=O) groups excluding carboxylic acids is 1. The number of aromatic hydroxyl groups is 1. The Labute approximate surface area is 122 Å². The zero-order valence-electron chi connectivity index (χ0n) is 11.6. The van der Waals surface area contributed by atoms with Gasteiger partial charge in [0.25, 0.3) is 0 Å². The Morgan fingerprint density at radius 2 is 1.86 bits per heavy atom. The average Bonchev–Trinajstić information content (AvgIpc) is 2.50. The van der Waals surface area contributed by atoms with E-state index >= 15 is 0 Å². The van der Waals surface area contributed by atoms with Gasteiger partial charge in [-0.1, -0.05) is 12.1 Å². The van der Waals surface area contributed by atoms with Gasteiger partial charge >= 0.3 is 0 Å². The van der Waals surface area contributed by atoms with E-state index in [0.29, 0.717) is 0 Å². The number of phenols is 1. The molecule has 0 aliphatic carbocycles. The van der Waals surface area contributed by atoms with E-state index in [9.17, 15) is 4.79 Å². The molecule has 21 heavy (non-hydrogen) atoms. The quantitative estimate of drug-likeness (QED) is 0.652. The first-order valence-electron chi connectivity index (χ1n) is 6.41. The molecule has 0 heterocycles. The number of ether oxygens (including phenoxy) is 1. The van der Waals surface area contributed by atoms with E-state index in [4.69, 9.17) is 9.84 Å². The van der Waals surface area contributed by atoms with E-state index in [1.165, 1.54) is 6.21 Å². The van der Waals surface area contributed by atoms with Crippen molar-refractivity contribution < 1.29 is 14.6 Å². The third-order valence-corrected chi connectivity index (χ3v) is 2.82. The summed E-state index contributed by atoms with van der Waals surface area (Å²) in [6.07, 6.45) is 1.77. The number of hydrogen-bond donors (Lipinski definition) is 2. The molecule has 0 spiro atoms. The fraction of sp³-hybridized carbons (Fsp3) is 0.125. The zero-order chi connectivity index (χ0) is 15.1. The fourth-order valence-corrected chi connectivity index (χ4v) is 1.71. The molecule has 0 atom stereocenters. The van der Waals surface area contributed by atoms with Gasteiger partial charge in [0.05, 0.1) is 19.7 Å². The third-order valence-electron chi connectivity index (χ3n) is 2.82. The topological polar surface area (TPSA) is 70.9 Å². The molecule has 0 bridgehead atoms. The van der Waals surface area contributed by atoms with Gasteiger partial charge < -0.3 is 9.84 Å². The molecule has 0 unspecified atom stereocenters. The number of hydrogen-bond acceptors (Lipinski definition) is 4. The number of hydrazone groups is 1. The normalized spacial score (nSPS) is 10.5. The second-order valence-electron chi connectivity index (χ2n) is 4.41. The molecule has 0 saturated heterocycles. The Morgan fingerprint density at radius 3 is 2.48 bits per heavy atom. The van der Waals surface area contributed by atoms with Crippen LogP contribution < -0.4 is 10.2 Å². The Kier molecular flexibility index (Phi) is 4.93. The van der Waals surface area contributed by atoms with Crippen LogP contribution in [0.5, 0.6) is 11.5 Å². The number of rotatable bonds is 5. The molecule has 0 saturated carbocycles. The molecule has 5 heteroatoms. The molecular formula is C16H16N2O3. The van der Waals surface area contributed by atoms with Crippen molar-refractivity contribution in [1.29, 1.82) is 0 Å². The van der Waals surface area contributed by atoms with Crippen molar-refractivity contribution in [3.05, 3.63) is 59.7 Å². The second kappa shape index (κ2) is 7.09. The van der Waals surface area contributed by atoms with Crippen molar-refractivity contribution in [1.82, 2.24) is 5.43 Å². The fourth-order valence-electron chi connectivity index (χ4n) is 1.71. The molecule has 0 aliphatic heterocycles. The van der Waals surface area contributed by atoms with Gasteiger partial charge in [-0.2, -0.15) is 5.10 Å². The summed E-state index contributed by atoms with van der Waals surface area (Å²) in [6, 6.07) is 13.8. The van der Waals surface area contributed by atoms with E-state index in [2.05, 4.69) is 10.5 Å². The number of carbonyl (C=O) groups is 1. The number of amides is 1. The first kappa shape index (κ1) is 14.6. The van der Waals surface area contributed by atoms with Crippen LogP contribution in [0.25, 0.3) is 0 Å². The maximum atomic E-state index is 11.7. The van der Waals surface area contributed by atoms with Crippen molar-refractivity contribution in [3.63, 3.8) is 0 Å². The highest BCUT2D eigenvalue weighted by Crippen LogP contribution is 2.11. The number of phenolic OH excluding ortho intramolecular Hbond substituents is 1. The van der Waals surface area contributed by atoms with Crippen LogP contribution in [0.4, 0.5) is 0 Å². The predicted octanol–water partition coefficient (Wildman–Crippen LogP) is 2.09. The smallest absolute Gasteiger partial charge is 0.244 e. The lowest BCUT2D eigenvalue weighted by atomic mass is 10.1. The van der Waals surface area contributed by atoms with Crippen molar-refractivity contribution in [2.45, 2.75) is 6.42 Å². The minimum absolute atomic E-state index is 0.190. The molecule has 0 aromatic heterocycles. The molecule has 2 aromatic carbocycles. The maximum absolute atomic E-state index is 11.7. The van der Waals surface area contributed by atoms with Gasteiger partial charge in [0.15, 0.2) is 0 Å². The lowest BCUT2D eigenvalue weighted by Crippen LogP contribution is -2.19. The van der Waals surface area contributed by atoms with Crippen molar-refractivity contribution in [3.8, 4) is 11.5 Å². The SMILES string of the molecule is COc1ccc(CC(=O)N/N=C/c2ccc(O)cc2)cc1. The largest absolute Gasteiger partial charge is 0.508 e. The van der Waals surface area contributed by atoms with E-state index in [1.807, 2.05) is 24.3 Å². The molecule has 108 valence electrons. The van der Waals surface area contributed by atoms with Crippen LogP contribution in [0.1, 0.15) is 11.1 Å². The summed E-state index contributed by atoms with van der Waals surface area (Å²) in [4.78, 5) is 11.7. The number of methoxy groups -OCH3 is 1. The summed E-state index contributed by atoms with van der Waals surface area (Å²) in [5.41, 5.74) is 4.13. The minimum Gasteiger partial charge on any atom is -0.508 e. The van der Waals surface area contributed by atoms with Gasteiger partial charge in [-0.15, -0.1) is 0 Å². The Hall–Kier alpha value is -2.82. The van der Waals surface area contributed by atoms with E-state index in [1.54, 1.807) is 31.4 Å². The van der Waals surface area contributed by atoms with Crippen LogP contribution in [0.3, 0.4) is 0 Å². The number of nitrogens with one attached hydrogen (secondary N) is 1. The van der Waals surface area contributed by atoms with Crippen LogP contribution in [-0.2, 0) is 11.2 Å². The number of nitrogens with zero attached hydrogens (tertiary/aromatic N) is 1. The Morgan fingerprint density at radius 1 is 1.19 bits per heavy atom. The van der Waals surface area contributed by atoms with Gasteiger partial charge in [0, 0.05) is 0 Å². The number of benzene rings is 2. The predicted molar refractivity (Wildman–Crippen MR) is 80.5 cm³/mol. The summed E-state index contributed by atoms with van der Waals surface area (Å²) >= 11 is 0. The summed E-state index contributed by atoms with van der Waals surface area (Å²) in [7, 11) is 1.60. The van der Waals surface area contributed by atoms with Gasteiger partial charge in [0.2, 0.25) is 5.91 Å². The van der Waals surface area contributed by atoms with E-state index in [0.717, 1.165) is 16.9 Å². The second-order valence-corrected chi connectivity index (χ2v) is 4.41. The molecule has 1 amide bonds. The monoisotopic (exact) mass is 284 g/mol. The summed E-state index contributed by atoms with van der Waals surface area (Å²) in [6.45, 7) is 0. The lowest BCUT2D eigenvalue weighted by Gasteiger charge is -2.02. The molecule has 0 fully saturated rings. The van der Waals surface area contributed by atoms with Gasteiger partial charge in [0.1, 0.15) is 11.5 Å². The van der Waals surface area contributed by atoms with Crippen molar-refractivity contribution in [2.24, 2.45) is 5.10 Å². The van der Waals surface area contributed by atoms with Crippen LogP contribution in [0.2, 0.25) is 0 Å². The van der Waals surface area contributed by atoms with Gasteiger partial charge in [-0.3, -0.25) is 4.79 Å². The van der Waals surface area contributed by atoms with Crippen LogP contribution in [0.15, 0.2) is 53.6 Å². The minimum atomic E-state index is -0.199. The van der Waals surface area contributed by atoms with Gasteiger partial charge in [-0.25, -0.2) is 5.43 Å². The molecule has 0 aliphatic rings. The zero-order valence-corrected chi connectivity index (χ0v) is 11.6. The Balaban J connectivity index is 1.85. The third kappa shape index (κ3) is 4.65. The first-order chi connectivity index (χ1) is 10.2.